The molecule has 1 rings (SSSR count). The van der Waals surface area contributed by atoms with Crippen LogP contribution in [0.15, 0.2) is 18.2 Å². The third kappa shape index (κ3) is 5.62. The number of hydrogen-bond acceptors (Lipinski definition) is 1. The second-order valence-electron chi connectivity index (χ2n) is 5.69. The van der Waals surface area contributed by atoms with Crippen molar-refractivity contribution in [3.63, 3.8) is 0 Å². The van der Waals surface area contributed by atoms with Gasteiger partial charge in [-0.25, -0.2) is 4.39 Å². The van der Waals surface area contributed by atoms with Crippen LogP contribution in [0, 0.1) is 12.7 Å². The first kappa shape index (κ1) is 17.2. The van der Waals surface area contributed by atoms with Gasteiger partial charge in [-0.15, -0.1) is 0 Å². The first-order valence-corrected chi connectivity index (χ1v) is 8.19. The Morgan fingerprint density at radius 2 is 1.80 bits per heavy atom. The molecule has 1 aromatic carbocycles. The highest BCUT2D eigenvalue weighted by Crippen LogP contribution is 2.24. The largest absolute Gasteiger partial charge is 0.310 e. The summed E-state index contributed by atoms with van der Waals surface area (Å²) in [5.74, 6) is -0.0327. The van der Waals surface area contributed by atoms with Crippen LogP contribution in [0.5, 0.6) is 0 Å². The van der Waals surface area contributed by atoms with E-state index in [2.05, 4.69) is 19.2 Å². The predicted molar refractivity (Wildman–Crippen MR) is 85.5 cm³/mol. The summed E-state index contributed by atoms with van der Waals surface area (Å²) < 4.78 is 14.3. The van der Waals surface area contributed by atoms with E-state index in [0.717, 1.165) is 30.5 Å². The van der Waals surface area contributed by atoms with E-state index < -0.39 is 0 Å². The topological polar surface area (TPSA) is 12.0 Å². The molecule has 0 saturated heterocycles. The number of unbranched alkanes of at least 4 members (excludes halogenated alkanes) is 4. The van der Waals surface area contributed by atoms with Gasteiger partial charge < -0.3 is 5.32 Å². The van der Waals surface area contributed by atoms with E-state index in [4.69, 9.17) is 0 Å². The number of rotatable bonds is 10. The van der Waals surface area contributed by atoms with Crippen molar-refractivity contribution < 1.29 is 4.39 Å². The lowest BCUT2D eigenvalue weighted by atomic mass is 9.97. The summed E-state index contributed by atoms with van der Waals surface area (Å²) >= 11 is 0. The molecule has 1 nitrogen and oxygen atoms in total. The number of nitrogens with one attached hydrogen (secondary N) is 1. The van der Waals surface area contributed by atoms with Crippen molar-refractivity contribution >= 4 is 0 Å². The Balaban J connectivity index is 2.61. The molecule has 0 aromatic heterocycles. The maximum absolute atomic E-state index is 14.3. The second kappa shape index (κ2) is 9.93. The maximum atomic E-state index is 14.3. The molecule has 1 unspecified atom stereocenters. The lowest BCUT2D eigenvalue weighted by Gasteiger charge is -2.20. The molecule has 0 heterocycles. The normalized spacial score (nSPS) is 12.6. The minimum atomic E-state index is -0.0327. The van der Waals surface area contributed by atoms with Gasteiger partial charge in [0.25, 0.3) is 0 Å². The summed E-state index contributed by atoms with van der Waals surface area (Å²) in [6.07, 6.45) is 8.42. The minimum absolute atomic E-state index is 0.0327. The first-order chi connectivity index (χ1) is 9.70. The van der Waals surface area contributed by atoms with Crippen molar-refractivity contribution in [1.29, 1.82) is 0 Å². The molecule has 1 N–H and O–H groups in total. The van der Waals surface area contributed by atoms with Crippen molar-refractivity contribution in [2.24, 2.45) is 0 Å². The summed E-state index contributed by atoms with van der Waals surface area (Å²) in [5, 5.41) is 3.50. The summed E-state index contributed by atoms with van der Waals surface area (Å²) in [6, 6.07) is 5.90. The van der Waals surface area contributed by atoms with Gasteiger partial charge in [0.2, 0.25) is 0 Å². The van der Waals surface area contributed by atoms with Crippen LogP contribution in [-0.4, -0.2) is 6.54 Å². The molecule has 2 heteroatoms. The molecule has 0 saturated carbocycles. The number of halogens is 1. The zero-order chi connectivity index (χ0) is 14.8. The zero-order valence-corrected chi connectivity index (χ0v) is 13.3. The van der Waals surface area contributed by atoms with Crippen molar-refractivity contribution in [3.8, 4) is 0 Å². The lowest BCUT2D eigenvalue weighted by molar-refractivity contribution is 0.448. The monoisotopic (exact) mass is 279 g/mol. The van der Waals surface area contributed by atoms with Crippen molar-refractivity contribution in [1.82, 2.24) is 5.32 Å². The molecule has 1 atom stereocenters. The SMILES string of the molecule is CCCCCCCC(NCCC)c1cccc(C)c1F. The maximum Gasteiger partial charge on any atom is 0.130 e. The molecule has 0 fully saturated rings. The fourth-order valence-electron chi connectivity index (χ4n) is 2.58. The average Bonchev–Trinajstić information content (AvgIpc) is 2.45. The van der Waals surface area contributed by atoms with Crippen LogP contribution in [0.3, 0.4) is 0 Å². The van der Waals surface area contributed by atoms with Crippen LogP contribution in [-0.2, 0) is 0 Å². The Bertz CT molecular complexity index is 376. The summed E-state index contributed by atoms with van der Waals surface area (Å²) in [6.45, 7) is 7.18. The first-order valence-electron chi connectivity index (χ1n) is 8.19. The summed E-state index contributed by atoms with van der Waals surface area (Å²) in [7, 11) is 0. The van der Waals surface area contributed by atoms with E-state index in [-0.39, 0.29) is 11.9 Å². The highest BCUT2D eigenvalue weighted by molar-refractivity contribution is 5.27. The smallest absolute Gasteiger partial charge is 0.130 e. The van der Waals surface area contributed by atoms with Crippen LogP contribution in [0.1, 0.15) is 76.0 Å². The van der Waals surface area contributed by atoms with Gasteiger partial charge in [-0.2, -0.15) is 0 Å². The highest BCUT2D eigenvalue weighted by Gasteiger charge is 2.15. The zero-order valence-electron chi connectivity index (χ0n) is 13.3. The van der Waals surface area contributed by atoms with E-state index in [0.29, 0.717) is 0 Å². The van der Waals surface area contributed by atoms with E-state index in [9.17, 15) is 4.39 Å². The number of aryl methyl sites for hydroxylation is 1. The van der Waals surface area contributed by atoms with Gasteiger partial charge in [0.05, 0.1) is 0 Å². The Kier molecular flexibility index (Phi) is 8.52. The Morgan fingerprint density at radius 1 is 1.05 bits per heavy atom. The number of hydrogen-bond donors (Lipinski definition) is 1. The molecule has 114 valence electrons. The van der Waals surface area contributed by atoms with Crippen molar-refractivity contribution in [2.75, 3.05) is 6.54 Å². The Labute approximate surface area is 124 Å². The molecular weight excluding hydrogens is 249 g/mol. The predicted octanol–water partition coefficient (Wildman–Crippen LogP) is 5.54. The van der Waals surface area contributed by atoms with Crippen molar-refractivity contribution in [3.05, 3.63) is 35.1 Å². The Morgan fingerprint density at radius 3 is 2.50 bits per heavy atom. The molecule has 0 amide bonds. The third-order valence-electron chi connectivity index (χ3n) is 3.83. The molecule has 20 heavy (non-hydrogen) atoms. The summed E-state index contributed by atoms with van der Waals surface area (Å²) in [4.78, 5) is 0. The van der Waals surface area contributed by atoms with Gasteiger partial charge in [-0.1, -0.05) is 64.2 Å². The second-order valence-corrected chi connectivity index (χ2v) is 5.69. The van der Waals surface area contributed by atoms with Gasteiger partial charge in [0.1, 0.15) is 5.82 Å². The highest BCUT2D eigenvalue weighted by atomic mass is 19.1. The lowest BCUT2D eigenvalue weighted by Crippen LogP contribution is -2.23. The fraction of sp³-hybridized carbons (Fsp3) is 0.667. The Hall–Kier alpha value is -0.890. The van der Waals surface area contributed by atoms with Crippen LogP contribution in [0.25, 0.3) is 0 Å². The van der Waals surface area contributed by atoms with Gasteiger partial charge in [-0.3, -0.25) is 0 Å². The van der Waals surface area contributed by atoms with Crippen molar-refractivity contribution in [2.45, 2.75) is 71.8 Å². The molecule has 0 aliphatic carbocycles. The minimum Gasteiger partial charge on any atom is -0.310 e. The molecule has 0 spiro atoms. The van der Waals surface area contributed by atoms with Crippen LogP contribution < -0.4 is 5.32 Å². The van der Waals surface area contributed by atoms with Crippen LogP contribution in [0.2, 0.25) is 0 Å². The van der Waals surface area contributed by atoms with Gasteiger partial charge in [0, 0.05) is 11.6 Å². The summed E-state index contributed by atoms with van der Waals surface area (Å²) in [5.41, 5.74) is 1.59. The van der Waals surface area contributed by atoms with E-state index in [1.807, 2.05) is 25.1 Å². The standard InChI is InChI=1S/C18H30FN/c1-4-6-7-8-9-13-17(20-14-5-2)16-12-10-11-15(3)18(16)19/h10-12,17,20H,4-9,13-14H2,1-3H3. The van der Waals surface area contributed by atoms with E-state index >= 15 is 0 Å². The number of benzene rings is 1. The molecular formula is C18H30FN. The quantitative estimate of drug-likeness (QED) is 0.555. The average molecular weight is 279 g/mol. The van der Waals surface area contributed by atoms with Gasteiger partial charge in [0.15, 0.2) is 0 Å². The molecule has 0 bridgehead atoms. The third-order valence-corrected chi connectivity index (χ3v) is 3.83. The fourth-order valence-corrected chi connectivity index (χ4v) is 2.58. The molecule has 1 aromatic rings. The van der Waals surface area contributed by atoms with E-state index in [1.165, 1.54) is 32.1 Å². The molecule has 0 aliphatic heterocycles. The van der Waals surface area contributed by atoms with Gasteiger partial charge >= 0.3 is 0 Å². The van der Waals surface area contributed by atoms with Gasteiger partial charge in [-0.05, 0) is 31.9 Å². The van der Waals surface area contributed by atoms with Crippen LogP contribution >= 0.6 is 0 Å². The van der Waals surface area contributed by atoms with E-state index in [1.54, 1.807) is 0 Å². The van der Waals surface area contributed by atoms with Crippen LogP contribution in [0.4, 0.5) is 4.39 Å². The molecule has 0 aliphatic rings. The molecule has 0 radical (unpaired) electrons.